The van der Waals surface area contributed by atoms with Crippen LogP contribution in [0.3, 0.4) is 0 Å². The van der Waals surface area contributed by atoms with Crippen LogP contribution in [0.4, 0.5) is 0 Å². The van der Waals surface area contributed by atoms with Gasteiger partial charge in [-0.3, -0.25) is 9.59 Å². The lowest BCUT2D eigenvalue weighted by Crippen LogP contribution is -2.33. The zero-order chi connectivity index (χ0) is 16.5. The van der Waals surface area contributed by atoms with Gasteiger partial charge >= 0.3 is 5.97 Å². The predicted octanol–water partition coefficient (Wildman–Crippen LogP) is 2.04. The Labute approximate surface area is 129 Å². The van der Waals surface area contributed by atoms with Gasteiger partial charge in [-0.1, -0.05) is 18.2 Å². The van der Waals surface area contributed by atoms with Gasteiger partial charge in [-0.15, -0.1) is 0 Å². The Morgan fingerprint density at radius 1 is 1.32 bits per heavy atom. The molecule has 0 radical (unpaired) electrons. The Morgan fingerprint density at radius 3 is 2.64 bits per heavy atom. The first-order chi connectivity index (χ1) is 10.5. The van der Waals surface area contributed by atoms with E-state index in [2.05, 4.69) is 0 Å². The number of rotatable bonds is 8. The number of likely N-dealkylation sites (N-methyl/N-ethyl adjacent to an activating group) is 1. The summed E-state index contributed by atoms with van der Waals surface area (Å²) in [4.78, 5) is 23.7. The Balaban J connectivity index is 2.63. The molecule has 0 spiro atoms. The summed E-state index contributed by atoms with van der Waals surface area (Å²) >= 11 is 0. The van der Waals surface area contributed by atoms with Gasteiger partial charge in [0.25, 0.3) is 5.91 Å². The van der Waals surface area contributed by atoms with Gasteiger partial charge in [0.15, 0.2) is 18.1 Å². The number of benzene rings is 1. The van der Waals surface area contributed by atoms with Crippen LogP contribution in [-0.2, 0) is 9.59 Å². The molecular weight excluding hydrogens is 286 g/mol. The fourth-order valence-electron chi connectivity index (χ4n) is 1.74. The summed E-state index contributed by atoms with van der Waals surface area (Å²) in [5, 5.41) is 8.60. The molecular formula is C16H21NO5. The quantitative estimate of drug-likeness (QED) is 0.795. The van der Waals surface area contributed by atoms with Crippen LogP contribution in [0.15, 0.2) is 24.3 Å². The summed E-state index contributed by atoms with van der Waals surface area (Å²) in [7, 11) is 3.07. The molecule has 0 saturated heterocycles. The topological polar surface area (TPSA) is 76.1 Å². The van der Waals surface area contributed by atoms with E-state index in [9.17, 15) is 9.59 Å². The molecule has 6 heteroatoms. The number of nitrogens with zero attached hydrogens (tertiary/aromatic N) is 1. The molecule has 0 aliphatic rings. The highest BCUT2D eigenvalue weighted by Crippen LogP contribution is 2.28. The van der Waals surface area contributed by atoms with Crippen molar-refractivity contribution in [1.29, 1.82) is 0 Å². The standard InChI is InChI=1S/C16H21NO5/c1-4-5-12-6-7-13(14(10-12)21-3)22-11-15(18)17(2)9-8-16(19)20/h4-7,10H,8-9,11H2,1-3H3,(H,19,20)/b5-4+. The van der Waals surface area contributed by atoms with Crippen molar-refractivity contribution < 1.29 is 24.2 Å². The molecule has 0 aliphatic heterocycles. The summed E-state index contributed by atoms with van der Waals surface area (Å²) in [5.74, 6) is -0.227. The average molecular weight is 307 g/mol. The minimum absolute atomic E-state index is 0.0936. The fourth-order valence-corrected chi connectivity index (χ4v) is 1.74. The van der Waals surface area contributed by atoms with Crippen LogP contribution >= 0.6 is 0 Å². The maximum atomic E-state index is 11.9. The first-order valence-electron chi connectivity index (χ1n) is 6.87. The normalized spacial score (nSPS) is 10.5. The molecule has 1 N–H and O–H groups in total. The Bertz CT molecular complexity index is 553. The summed E-state index contributed by atoms with van der Waals surface area (Å²) in [6.45, 7) is 1.90. The molecule has 1 aromatic rings. The first kappa shape index (κ1) is 17.6. The third kappa shape index (κ3) is 5.47. The highest BCUT2D eigenvalue weighted by molar-refractivity contribution is 5.78. The van der Waals surface area contributed by atoms with Crippen molar-refractivity contribution >= 4 is 18.0 Å². The van der Waals surface area contributed by atoms with Crippen molar-refractivity contribution in [1.82, 2.24) is 4.90 Å². The highest BCUT2D eigenvalue weighted by Gasteiger charge is 2.13. The third-order valence-electron chi connectivity index (χ3n) is 2.98. The second-order valence-electron chi connectivity index (χ2n) is 4.66. The van der Waals surface area contributed by atoms with Gasteiger partial charge in [-0.2, -0.15) is 0 Å². The summed E-state index contributed by atoms with van der Waals surface area (Å²) < 4.78 is 10.7. The van der Waals surface area contributed by atoms with Crippen LogP contribution in [0.2, 0.25) is 0 Å². The van der Waals surface area contributed by atoms with E-state index in [-0.39, 0.29) is 25.5 Å². The lowest BCUT2D eigenvalue weighted by atomic mass is 10.2. The molecule has 0 bridgehead atoms. The van der Waals surface area contributed by atoms with Crippen molar-refractivity contribution in [3.63, 3.8) is 0 Å². The van der Waals surface area contributed by atoms with Crippen molar-refractivity contribution in [2.75, 3.05) is 27.3 Å². The van der Waals surface area contributed by atoms with Gasteiger partial charge < -0.3 is 19.5 Å². The maximum absolute atomic E-state index is 11.9. The summed E-state index contributed by atoms with van der Waals surface area (Å²) in [5.41, 5.74) is 0.969. The lowest BCUT2D eigenvalue weighted by Gasteiger charge is -2.17. The van der Waals surface area contributed by atoms with Crippen molar-refractivity contribution in [3.05, 3.63) is 29.8 Å². The van der Waals surface area contributed by atoms with Crippen LogP contribution in [0, 0.1) is 0 Å². The van der Waals surface area contributed by atoms with Crippen LogP contribution in [-0.4, -0.2) is 49.2 Å². The molecule has 0 unspecified atom stereocenters. The van der Waals surface area contributed by atoms with E-state index in [1.54, 1.807) is 13.1 Å². The van der Waals surface area contributed by atoms with E-state index < -0.39 is 5.97 Å². The molecule has 1 amide bonds. The monoisotopic (exact) mass is 307 g/mol. The molecule has 120 valence electrons. The molecule has 0 heterocycles. The fraction of sp³-hybridized carbons (Fsp3) is 0.375. The predicted molar refractivity (Wildman–Crippen MR) is 83.1 cm³/mol. The Kier molecular flexibility index (Phi) is 6.95. The number of aliphatic carboxylic acids is 1. The molecule has 1 aromatic carbocycles. The number of hydrogen-bond acceptors (Lipinski definition) is 4. The van der Waals surface area contributed by atoms with E-state index in [1.807, 2.05) is 31.2 Å². The largest absolute Gasteiger partial charge is 0.493 e. The number of carbonyl (C=O) groups excluding carboxylic acids is 1. The molecule has 0 saturated carbocycles. The van der Waals surface area contributed by atoms with Crippen molar-refractivity contribution in [2.24, 2.45) is 0 Å². The van der Waals surface area contributed by atoms with E-state index in [1.165, 1.54) is 12.0 Å². The molecule has 1 rings (SSSR count). The van der Waals surface area contributed by atoms with Gasteiger partial charge in [0.05, 0.1) is 13.5 Å². The molecule has 0 aromatic heterocycles. The molecule has 0 aliphatic carbocycles. The number of hydrogen-bond donors (Lipinski definition) is 1. The Hall–Kier alpha value is -2.50. The van der Waals surface area contributed by atoms with Crippen molar-refractivity contribution in [3.8, 4) is 11.5 Å². The van der Waals surface area contributed by atoms with Gasteiger partial charge in [-0.25, -0.2) is 0 Å². The van der Waals surface area contributed by atoms with Crippen LogP contribution in [0.1, 0.15) is 18.9 Å². The molecule has 22 heavy (non-hydrogen) atoms. The van der Waals surface area contributed by atoms with Gasteiger partial charge in [0.2, 0.25) is 0 Å². The van der Waals surface area contributed by atoms with E-state index >= 15 is 0 Å². The van der Waals surface area contributed by atoms with Gasteiger partial charge in [0, 0.05) is 13.6 Å². The first-order valence-corrected chi connectivity index (χ1v) is 6.87. The van der Waals surface area contributed by atoms with Gasteiger partial charge in [-0.05, 0) is 24.6 Å². The SMILES string of the molecule is C/C=C/c1ccc(OCC(=O)N(C)CCC(=O)O)c(OC)c1. The van der Waals surface area contributed by atoms with E-state index in [0.717, 1.165) is 5.56 Å². The minimum atomic E-state index is -0.943. The van der Waals surface area contributed by atoms with E-state index in [0.29, 0.717) is 11.5 Å². The zero-order valence-electron chi connectivity index (χ0n) is 13.0. The zero-order valence-corrected chi connectivity index (χ0v) is 13.0. The summed E-state index contributed by atoms with van der Waals surface area (Å²) in [6.07, 6.45) is 3.75. The number of amides is 1. The van der Waals surface area contributed by atoms with Gasteiger partial charge in [0.1, 0.15) is 0 Å². The smallest absolute Gasteiger partial charge is 0.305 e. The van der Waals surface area contributed by atoms with Crippen molar-refractivity contribution in [2.45, 2.75) is 13.3 Å². The van der Waals surface area contributed by atoms with Crippen LogP contribution in [0.5, 0.6) is 11.5 Å². The Morgan fingerprint density at radius 2 is 2.05 bits per heavy atom. The van der Waals surface area contributed by atoms with E-state index in [4.69, 9.17) is 14.6 Å². The highest BCUT2D eigenvalue weighted by atomic mass is 16.5. The number of methoxy groups -OCH3 is 1. The number of allylic oxidation sites excluding steroid dienone is 1. The van der Waals surface area contributed by atoms with Crippen LogP contribution < -0.4 is 9.47 Å². The summed E-state index contributed by atoms with van der Waals surface area (Å²) in [6, 6.07) is 5.41. The molecule has 0 atom stereocenters. The number of ether oxygens (including phenoxy) is 2. The maximum Gasteiger partial charge on any atom is 0.305 e. The molecule has 6 nitrogen and oxygen atoms in total. The van der Waals surface area contributed by atoms with Crippen LogP contribution in [0.25, 0.3) is 6.08 Å². The molecule has 0 fully saturated rings. The minimum Gasteiger partial charge on any atom is -0.493 e. The second kappa shape index (κ2) is 8.71. The average Bonchev–Trinajstić information content (AvgIpc) is 2.50. The third-order valence-corrected chi connectivity index (χ3v) is 2.98. The lowest BCUT2D eigenvalue weighted by molar-refractivity contribution is -0.138. The number of carboxylic acid groups (broad SMARTS) is 1. The second-order valence-corrected chi connectivity index (χ2v) is 4.66. The number of carbonyl (C=O) groups is 2. The number of carboxylic acids is 1.